The number of ketones is 5. The number of aliphatic hydroxyl groups is 1. The monoisotopic (exact) mass is 1460 g/mol. The smallest absolute Gasteiger partial charge is 0.469 e. The summed E-state index contributed by atoms with van der Waals surface area (Å²) in [6, 6.07) is -2.11. The van der Waals surface area contributed by atoms with Crippen LogP contribution in [0.3, 0.4) is 0 Å². The van der Waals surface area contributed by atoms with E-state index in [0.29, 0.717) is 50.0 Å². The number of aromatic amines is 1. The van der Waals surface area contributed by atoms with Gasteiger partial charge in [0.15, 0.2) is 34.9 Å². The number of nitrogens with one attached hydrogen (secondary N) is 6. The molecule has 20 N–H and O–H groups in total. The van der Waals surface area contributed by atoms with Crippen LogP contribution in [0.1, 0.15) is 161 Å². The van der Waals surface area contributed by atoms with E-state index in [0.717, 1.165) is 12.8 Å². The molecule has 32 nitrogen and oxygen atoms in total. The van der Waals surface area contributed by atoms with Gasteiger partial charge in [0.25, 0.3) is 0 Å². The molecule has 2 heterocycles. The number of carbonyl (C=O) groups is 11. The lowest BCUT2D eigenvalue weighted by atomic mass is 9.86. The molecule has 2 aromatic rings. The minimum Gasteiger partial charge on any atom is -0.508 e. The van der Waals surface area contributed by atoms with Crippen LogP contribution in [0.4, 0.5) is 0 Å². The third-order valence-electron chi connectivity index (χ3n) is 18.2. The van der Waals surface area contributed by atoms with E-state index in [1.54, 1.807) is 18.7 Å². The fraction of sp³-hybridized carbons (Fsp3) is 0.687. The van der Waals surface area contributed by atoms with Crippen molar-refractivity contribution in [1.82, 2.24) is 41.5 Å². The molecule has 1 aliphatic heterocycles. The number of likely N-dealkylation sites (tertiary alicyclic amines) is 1. The van der Waals surface area contributed by atoms with Crippen molar-refractivity contribution < 1.29 is 86.0 Å². The van der Waals surface area contributed by atoms with Crippen LogP contribution in [0.15, 0.2) is 41.8 Å². The zero-order chi connectivity index (χ0) is 75.5. The van der Waals surface area contributed by atoms with E-state index in [4.69, 9.17) is 28.7 Å². The number of aliphatic hydroxyl groups excluding tert-OH is 1. The number of phosphoric ester groups is 1. The number of H-pyrrole nitrogens is 1. The van der Waals surface area contributed by atoms with Gasteiger partial charge in [0.1, 0.15) is 17.8 Å². The van der Waals surface area contributed by atoms with Gasteiger partial charge in [-0.2, -0.15) is 0 Å². The van der Waals surface area contributed by atoms with E-state index in [1.165, 1.54) is 43.0 Å². The number of unbranched alkanes of at least 4 members (excludes halogenated alkanes) is 2. The number of Topliss-reactive ketones (excluding diaryl/α,β-unsaturated/α-hetero) is 5. The maximum atomic E-state index is 14.7. The first-order valence-electron chi connectivity index (χ1n) is 34.7. The SMILES string of the molecule is CC[C@H](C)[C@H](N)C(=O)C[C@@H](Cc1cnc[nH]1)C(=O)N[C@@H](CCS(C)=O)C(=O)C[C@H](C(=O)N[C@@H](Cc1ccc(O)cc1)C(=O)C[C@@H](CO)C(=O)NC(CCCCN)C(=O)C[C@@H](CCCN=C(N)N)C(=O)N[C@@H](COP(=O)(O)O)C(=O)CCC(=O)N[C@@H](CCCCN)C(=O)N1CCC[C@H]1C)C(C)C. The van der Waals surface area contributed by atoms with Crippen molar-refractivity contribution in [1.29, 1.82) is 0 Å². The number of nitrogens with two attached hydrogens (primary N) is 5. The summed E-state index contributed by atoms with van der Waals surface area (Å²) < 4.78 is 29.1. The molecule has 34 heteroatoms. The first-order chi connectivity index (χ1) is 47.7. The number of imidazole rings is 1. The van der Waals surface area contributed by atoms with Gasteiger partial charge < -0.3 is 85.1 Å². The Bertz CT molecular complexity index is 3120. The molecule has 1 saturated heterocycles. The van der Waals surface area contributed by atoms with Gasteiger partial charge in [0.05, 0.1) is 55.5 Å². The largest absolute Gasteiger partial charge is 0.508 e. The first kappa shape index (κ1) is 88.0. The Morgan fingerprint density at radius 1 is 0.713 bits per heavy atom. The lowest BCUT2D eigenvalue weighted by molar-refractivity contribution is -0.137. The lowest BCUT2D eigenvalue weighted by Crippen LogP contribution is -2.50. The molecule has 1 aromatic heterocycles. The van der Waals surface area contributed by atoms with Gasteiger partial charge >= 0.3 is 7.82 Å². The number of phenolic OH excluding ortho intramolecular Hbond substituents is 1. The fourth-order valence-corrected chi connectivity index (χ4v) is 12.6. The molecule has 1 aliphatic rings. The highest BCUT2D eigenvalue weighted by molar-refractivity contribution is 7.84. The molecule has 2 unspecified atom stereocenters. The molecule has 101 heavy (non-hydrogen) atoms. The molecule has 0 aliphatic carbocycles. The summed E-state index contributed by atoms with van der Waals surface area (Å²) in [6.45, 7) is 7.86. The van der Waals surface area contributed by atoms with Crippen LogP contribution in [0.5, 0.6) is 5.75 Å². The fourth-order valence-electron chi connectivity index (χ4n) is 11.7. The van der Waals surface area contributed by atoms with Gasteiger partial charge in [-0.1, -0.05) is 46.2 Å². The summed E-state index contributed by atoms with van der Waals surface area (Å²) in [5, 5.41) is 34.2. The molecule has 1 fully saturated rings. The van der Waals surface area contributed by atoms with Gasteiger partial charge in [-0.3, -0.25) is 66.5 Å². The van der Waals surface area contributed by atoms with Crippen LogP contribution in [0.2, 0.25) is 0 Å². The summed E-state index contributed by atoms with van der Waals surface area (Å²) in [5.41, 5.74) is 29.8. The molecule has 1 aromatic carbocycles. The standard InChI is InChI=1S/C67H111N14O18PS/c1-7-41(4)61(70)59(88)33-45(31-47-36-73-39-75-47)63(91)78-51(24-29-101(6)98)58(87)35-49(40(2)3)65(93)79-53(30-43-18-20-48(83)21-19-43)57(86)34-46(37-82)64(92)77-50(16-8-10-25-68)56(85)32-44(15-12-27-74-67(71)72)62(90)80-54(38-99-100(95,96)97)55(84)22-23-60(89)76-52(17-9-11-26-69)66(94)81-28-13-14-42(81)5/h18-21,36,39-42,44-46,49-54,61,82-83H,7-17,22-35,37-38,68-70H2,1-6H3,(H,73,75)(H,76,89)(H,77,92)(H,78,91)(H,79,93)(H,80,90)(H4,71,72,74)(H2,95,96,97)/t41-,42+,44+,45+,46-,49-,50?,51-,52-,53-,54-,61-,101?/m0/s1. The zero-order valence-corrected chi connectivity index (χ0v) is 60.9. The molecule has 3 rings (SSSR count). The van der Waals surface area contributed by atoms with Crippen LogP contribution in [0.25, 0.3) is 0 Å². The predicted octanol–water partition coefficient (Wildman–Crippen LogP) is 0.197. The van der Waals surface area contributed by atoms with Gasteiger partial charge in [0, 0.05) is 111 Å². The summed E-state index contributed by atoms with van der Waals surface area (Å²) in [7, 11) is -6.73. The average Bonchev–Trinajstić information content (AvgIpc) is 1.60. The maximum Gasteiger partial charge on any atom is 0.469 e. The van der Waals surface area contributed by atoms with Crippen LogP contribution >= 0.6 is 7.82 Å². The quantitative estimate of drug-likeness (QED) is 0.0182. The van der Waals surface area contributed by atoms with Crippen LogP contribution in [-0.2, 0) is 85.5 Å². The Balaban J connectivity index is 1.93. The van der Waals surface area contributed by atoms with E-state index in [9.17, 15) is 81.5 Å². The molecule has 568 valence electrons. The number of hydrogen-bond donors (Lipinski definition) is 15. The second-order valence-electron chi connectivity index (χ2n) is 26.6. The second-order valence-corrected chi connectivity index (χ2v) is 29.4. The molecule has 6 amide bonds. The Kier molecular flexibility index (Phi) is 39.8. The third-order valence-corrected chi connectivity index (χ3v) is 19.5. The Hall–Kier alpha value is -7.23. The predicted molar refractivity (Wildman–Crippen MR) is 377 cm³/mol. The van der Waals surface area contributed by atoms with Crippen molar-refractivity contribution in [3.8, 4) is 5.75 Å². The molecular formula is C67H111N14O18PS. The Morgan fingerprint density at radius 2 is 1.28 bits per heavy atom. The van der Waals surface area contributed by atoms with Gasteiger partial charge in [0.2, 0.25) is 35.4 Å². The van der Waals surface area contributed by atoms with Gasteiger partial charge in [-0.15, -0.1) is 0 Å². The lowest BCUT2D eigenvalue weighted by Gasteiger charge is -2.28. The van der Waals surface area contributed by atoms with Crippen LogP contribution in [0, 0.1) is 35.5 Å². The number of guanidine groups is 1. The molecular weight excluding hydrogens is 1350 g/mol. The minimum absolute atomic E-state index is 0.0250. The van der Waals surface area contributed by atoms with Gasteiger partial charge in [-0.25, -0.2) is 9.55 Å². The molecule has 13 atom stereocenters. The number of aromatic nitrogens is 2. The maximum absolute atomic E-state index is 14.7. The number of benzene rings is 1. The normalized spacial score (nSPS) is 16.7. The number of phenols is 1. The van der Waals surface area contributed by atoms with Crippen molar-refractivity contribution in [3.63, 3.8) is 0 Å². The zero-order valence-electron chi connectivity index (χ0n) is 59.1. The average molecular weight is 1460 g/mol. The highest BCUT2D eigenvalue weighted by Crippen LogP contribution is 2.36. The number of phosphoric acid groups is 1. The second kappa shape index (κ2) is 45.7. The topological polar surface area (TPSA) is 547 Å². The molecule has 0 saturated carbocycles. The van der Waals surface area contributed by atoms with E-state index < -0.39 is 182 Å². The molecule has 0 spiro atoms. The number of amides is 6. The number of nitrogens with zero attached hydrogens (tertiary/aromatic N) is 3. The van der Waals surface area contributed by atoms with Gasteiger partial charge in [-0.05, 0) is 127 Å². The number of carbonyl (C=O) groups excluding carboxylic acids is 11. The van der Waals surface area contributed by atoms with E-state index >= 15 is 0 Å². The Labute approximate surface area is 593 Å². The highest BCUT2D eigenvalue weighted by atomic mass is 32.2. The summed E-state index contributed by atoms with van der Waals surface area (Å²) in [6.07, 6.45) is 4.77. The van der Waals surface area contributed by atoms with E-state index in [2.05, 4.69) is 46.1 Å². The first-order valence-corrected chi connectivity index (χ1v) is 38.0. The van der Waals surface area contributed by atoms with Crippen molar-refractivity contribution in [2.45, 2.75) is 205 Å². The summed E-state index contributed by atoms with van der Waals surface area (Å²) in [4.78, 5) is 188. The van der Waals surface area contributed by atoms with Crippen LogP contribution < -0.4 is 55.3 Å². The summed E-state index contributed by atoms with van der Waals surface area (Å²) >= 11 is 0. The highest BCUT2D eigenvalue weighted by Gasteiger charge is 2.38. The number of aliphatic imine (C=N–C) groups is 1. The number of hydrogen-bond acceptors (Lipinski definition) is 21. The van der Waals surface area contributed by atoms with Crippen molar-refractivity contribution >= 4 is 88.9 Å². The number of rotatable bonds is 52. The molecule has 0 bridgehead atoms. The Morgan fingerprint density at radius 3 is 1.83 bits per heavy atom. The summed E-state index contributed by atoms with van der Waals surface area (Å²) in [5.74, 6) is -14.1. The van der Waals surface area contributed by atoms with E-state index in [-0.39, 0.29) is 112 Å². The number of aromatic hydroxyl groups is 1. The van der Waals surface area contributed by atoms with Crippen molar-refractivity contribution in [3.05, 3.63) is 48.0 Å². The third kappa shape index (κ3) is 32.8. The van der Waals surface area contributed by atoms with E-state index in [1.807, 2.05) is 20.8 Å². The van der Waals surface area contributed by atoms with Crippen LogP contribution in [-0.4, -0.2) is 203 Å². The molecule has 0 radical (unpaired) electrons. The minimum atomic E-state index is -5.29. The van der Waals surface area contributed by atoms with Crippen molar-refractivity contribution in [2.75, 3.05) is 51.4 Å². The van der Waals surface area contributed by atoms with Crippen molar-refractivity contribution in [2.24, 2.45) is 69.2 Å².